The molecule has 0 aliphatic carbocycles. The molecule has 2 N–H and O–H groups in total. The van der Waals surface area contributed by atoms with Crippen molar-refractivity contribution in [3.05, 3.63) is 35.4 Å². The Morgan fingerprint density at radius 3 is 2.79 bits per heavy atom. The number of fused-ring (bicyclic) bond motifs is 1. The first-order valence-corrected chi connectivity index (χ1v) is 4.43. The number of hydrogen-bond donors (Lipinski definition) is 1. The second-order valence-corrected chi connectivity index (χ2v) is 3.33. The van der Waals surface area contributed by atoms with Crippen molar-refractivity contribution in [1.29, 1.82) is 0 Å². The van der Waals surface area contributed by atoms with Crippen molar-refractivity contribution in [2.24, 2.45) is 5.73 Å². The van der Waals surface area contributed by atoms with Crippen LogP contribution in [0.1, 0.15) is 17.2 Å². The van der Waals surface area contributed by atoms with E-state index in [4.69, 9.17) is 10.5 Å². The quantitative estimate of drug-likeness (QED) is 0.749. The van der Waals surface area contributed by atoms with Gasteiger partial charge in [-0.15, -0.1) is 0 Å². The molecule has 0 bridgehead atoms. The molecule has 76 valence electrons. The van der Waals surface area contributed by atoms with E-state index in [1.165, 1.54) is 0 Å². The molecule has 0 saturated heterocycles. The van der Waals surface area contributed by atoms with Gasteiger partial charge in [0.2, 0.25) is 0 Å². The van der Waals surface area contributed by atoms with Gasteiger partial charge in [-0.2, -0.15) is 0 Å². The minimum Gasteiger partial charge on any atom is -0.366 e. The Labute approximate surface area is 80.7 Å². The first kappa shape index (κ1) is 9.55. The summed E-state index contributed by atoms with van der Waals surface area (Å²) in [7, 11) is 0. The smallest absolute Gasteiger partial charge is 0.266 e. The van der Waals surface area contributed by atoms with E-state index < -0.39 is 18.6 Å². The monoisotopic (exact) mass is 199 g/mol. The van der Waals surface area contributed by atoms with E-state index in [9.17, 15) is 8.78 Å². The molecule has 0 saturated carbocycles. The zero-order valence-electron chi connectivity index (χ0n) is 7.49. The first-order chi connectivity index (χ1) is 6.70. The Kier molecular flexibility index (Phi) is 2.48. The number of rotatable bonds is 1. The molecule has 0 radical (unpaired) electrons. The van der Waals surface area contributed by atoms with Gasteiger partial charge in [0, 0.05) is 0 Å². The number of nitrogens with two attached hydrogens (primary N) is 1. The molecule has 0 spiro atoms. The Morgan fingerprint density at radius 2 is 2.07 bits per heavy atom. The second kappa shape index (κ2) is 3.63. The molecule has 1 heterocycles. The molecule has 1 aliphatic rings. The van der Waals surface area contributed by atoms with Gasteiger partial charge in [-0.25, -0.2) is 8.78 Å². The Balaban J connectivity index is 2.31. The summed E-state index contributed by atoms with van der Waals surface area (Å²) < 4.78 is 29.9. The van der Waals surface area contributed by atoms with Crippen molar-refractivity contribution >= 4 is 0 Å². The topological polar surface area (TPSA) is 35.2 Å². The number of alkyl halides is 2. The summed E-state index contributed by atoms with van der Waals surface area (Å²) >= 11 is 0. The number of ether oxygens (including phenoxy) is 1. The molecule has 2 nitrogen and oxygen atoms in total. The molecule has 2 atom stereocenters. The van der Waals surface area contributed by atoms with Crippen molar-refractivity contribution in [2.45, 2.75) is 25.2 Å². The van der Waals surface area contributed by atoms with Crippen LogP contribution in [-0.4, -0.2) is 12.5 Å². The number of benzene rings is 1. The number of hydrogen-bond acceptors (Lipinski definition) is 2. The molecule has 0 aromatic heterocycles. The standard InChI is InChI=1S/C10H11F2NO/c11-10(12)9-8(13)7-4-2-1-3-6(7)5-14-9/h1-4,8-10H,5,13H2/t8?,9-/m1/s1. The fourth-order valence-corrected chi connectivity index (χ4v) is 1.69. The molecule has 4 heteroatoms. The minimum absolute atomic E-state index is 0.221. The second-order valence-electron chi connectivity index (χ2n) is 3.33. The van der Waals surface area contributed by atoms with Gasteiger partial charge < -0.3 is 10.5 Å². The van der Waals surface area contributed by atoms with Gasteiger partial charge in [0.05, 0.1) is 12.6 Å². The van der Waals surface area contributed by atoms with Crippen LogP contribution in [0.15, 0.2) is 24.3 Å². The molecule has 0 amide bonds. The summed E-state index contributed by atoms with van der Waals surface area (Å²) in [6, 6.07) is 6.54. The van der Waals surface area contributed by atoms with Crippen molar-refractivity contribution in [3.63, 3.8) is 0 Å². The van der Waals surface area contributed by atoms with Crippen LogP contribution in [0.3, 0.4) is 0 Å². The minimum atomic E-state index is -2.53. The lowest BCUT2D eigenvalue weighted by Crippen LogP contribution is -2.38. The van der Waals surface area contributed by atoms with Crippen molar-refractivity contribution in [3.8, 4) is 0 Å². The van der Waals surface area contributed by atoms with Crippen LogP contribution in [0.2, 0.25) is 0 Å². The summed E-state index contributed by atoms with van der Waals surface area (Å²) in [6.45, 7) is 0.221. The third-order valence-electron chi connectivity index (χ3n) is 2.45. The molecule has 1 aromatic rings. The van der Waals surface area contributed by atoms with Crippen LogP contribution in [0, 0.1) is 0 Å². The highest BCUT2D eigenvalue weighted by molar-refractivity contribution is 5.31. The van der Waals surface area contributed by atoms with Crippen LogP contribution in [0.25, 0.3) is 0 Å². The molecule has 1 unspecified atom stereocenters. The SMILES string of the molecule is NC1c2ccccc2CO[C@H]1C(F)F. The first-order valence-electron chi connectivity index (χ1n) is 4.43. The third-order valence-corrected chi connectivity index (χ3v) is 2.45. The Hall–Kier alpha value is -1.00. The predicted molar refractivity (Wildman–Crippen MR) is 48.0 cm³/mol. The summed E-state index contributed by atoms with van der Waals surface area (Å²) in [4.78, 5) is 0. The summed E-state index contributed by atoms with van der Waals surface area (Å²) in [5.74, 6) is 0. The molecule has 2 rings (SSSR count). The predicted octanol–water partition coefficient (Wildman–Crippen LogP) is 1.85. The summed E-state index contributed by atoms with van der Waals surface area (Å²) in [5, 5.41) is 0. The van der Waals surface area contributed by atoms with Gasteiger partial charge in [-0.05, 0) is 11.1 Å². The van der Waals surface area contributed by atoms with Crippen molar-refractivity contribution in [2.75, 3.05) is 0 Å². The largest absolute Gasteiger partial charge is 0.366 e. The lowest BCUT2D eigenvalue weighted by atomic mass is 9.95. The van der Waals surface area contributed by atoms with Gasteiger partial charge >= 0.3 is 0 Å². The average molecular weight is 199 g/mol. The molecule has 14 heavy (non-hydrogen) atoms. The van der Waals surface area contributed by atoms with Crippen LogP contribution in [-0.2, 0) is 11.3 Å². The molecule has 1 aromatic carbocycles. The highest BCUT2D eigenvalue weighted by Gasteiger charge is 2.33. The molecular formula is C10H11F2NO. The Morgan fingerprint density at radius 1 is 1.36 bits per heavy atom. The maximum absolute atomic E-state index is 12.5. The van der Waals surface area contributed by atoms with E-state index in [0.29, 0.717) is 0 Å². The maximum atomic E-state index is 12.5. The highest BCUT2D eigenvalue weighted by Crippen LogP contribution is 2.30. The van der Waals surface area contributed by atoms with Crippen LogP contribution in [0.4, 0.5) is 8.78 Å². The maximum Gasteiger partial charge on any atom is 0.266 e. The Bertz CT molecular complexity index is 330. The lowest BCUT2D eigenvalue weighted by molar-refractivity contribution is -0.0850. The van der Waals surface area contributed by atoms with E-state index in [2.05, 4.69) is 0 Å². The average Bonchev–Trinajstić information content (AvgIpc) is 2.18. The van der Waals surface area contributed by atoms with E-state index in [1.54, 1.807) is 12.1 Å². The summed E-state index contributed by atoms with van der Waals surface area (Å²) in [6.07, 6.45) is -3.71. The molecule has 0 fully saturated rings. The normalized spacial score (nSPS) is 26.3. The van der Waals surface area contributed by atoms with E-state index in [1.807, 2.05) is 12.1 Å². The fourth-order valence-electron chi connectivity index (χ4n) is 1.69. The highest BCUT2D eigenvalue weighted by atomic mass is 19.3. The van der Waals surface area contributed by atoms with E-state index >= 15 is 0 Å². The zero-order chi connectivity index (χ0) is 10.1. The number of halogens is 2. The van der Waals surface area contributed by atoms with Crippen molar-refractivity contribution < 1.29 is 13.5 Å². The fraction of sp³-hybridized carbons (Fsp3) is 0.400. The van der Waals surface area contributed by atoms with E-state index in [-0.39, 0.29) is 6.61 Å². The third kappa shape index (κ3) is 1.51. The summed E-state index contributed by atoms with van der Waals surface area (Å²) in [5.41, 5.74) is 7.35. The van der Waals surface area contributed by atoms with Gasteiger partial charge in [0.1, 0.15) is 6.10 Å². The van der Waals surface area contributed by atoms with Crippen LogP contribution in [0.5, 0.6) is 0 Å². The lowest BCUT2D eigenvalue weighted by Gasteiger charge is -2.30. The van der Waals surface area contributed by atoms with Crippen LogP contribution < -0.4 is 5.73 Å². The molecular weight excluding hydrogens is 188 g/mol. The zero-order valence-corrected chi connectivity index (χ0v) is 7.49. The van der Waals surface area contributed by atoms with E-state index in [0.717, 1.165) is 11.1 Å². The van der Waals surface area contributed by atoms with Gasteiger partial charge in [0.15, 0.2) is 0 Å². The van der Waals surface area contributed by atoms with Crippen LogP contribution >= 0.6 is 0 Å². The molecule has 1 aliphatic heterocycles. The van der Waals surface area contributed by atoms with Gasteiger partial charge in [-0.1, -0.05) is 24.3 Å². The van der Waals surface area contributed by atoms with Crippen molar-refractivity contribution in [1.82, 2.24) is 0 Å². The van der Waals surface area contributed by atoms with Gasteiger partial charge in [-0.3, -0.25) is 0 Å². The van der Waals surface area contributed by atoms with Gasteiger partial charge in [0.25, 0.3) is 6.43 Å².